The normalized spacial score (nSPS) is 11.1. The summed E-state index contributed by atoms with van der Waals surface area (Å²) in [6.45, 7) is 5.32. The van der Waals surface area contributed by atoms with Crippen molar-refractivity contribution in [3.8, 4) is 5.75 Å². The van der Waals surface area contributed by atoms with Gasteiger partial charge in [0.2, 0.25) is 0 Å². The lowest BCUT2D eigenvalue weighted by molar-refractivity contribution is 0.295. The predicted molar refractivity (Wildman–Crippen MR) is 81.2 cm³/mol. The first-order valence-corrected chi connectivity index (χ1v) is 7.08. The number of rotatable bonds is 6. The highest BCUT2D eigenvalue weighted by Crippen LogP contribution is 2.29. The number of hydrogen-bond donors (Lipinski definition) is 1. The molecule has 0 radical (unpaired) electrons. The van der Waals surface area contributed by atoms with Crippen LogP contribution < -0.4 is 10.1 Å². The lowest BCUT2D eigenvalue weighted by atomic mass is 10.2. The molecule has 2 rings (SSSR count). The smallest absolute Gasteiger partial charge is 0.142 e. The molecule has 0 saturated heterocycles. The van der Waals surface area contributed by atoms with Gasteiger partial charge in [0.25, 0.3) is 0 Å². The molecule has 0 aliphatic carbocycles. The number of aromatic nitrogens is 2. The van der Waals surface area contributed by atoms with Crippen LogP contribution in [0.4, 0.5) is 0 Å². The Hall–Kier alpha value is -1.52. The van der Waals surface area contributed by atoms with E-state index in [2.05, 4.69) is 24.3 Å². The minimum Gasteiger partial charge on any atom is -0.485 e. The van der Waals surface area contributed by atoms with E-state index in [0.29, 0.717) is 17.7 Å². The molecule has 1 aromatic heterocycles. The van der Waals surface area contributed by atoms with Crippen molar-refractivity contribution in [1.29, 1.82) is 0 Å². The van der Waals surface area contributed by atoms with Gasteiger partial charge in [0.15, 0.2) is 0 Å². The summed E-state index contributed by atoms with van der Waals surface area (Å²) < 4.78 is 7.77. The van der Waals surface area contributed by atoms with Crippen molar-refractivity contribution in [3.63, 3.8) is 0 Å². The van der Waals surface area contributed by atoms with Crippen LogP contribution in [0.5, 0.6) is 5.75 Å². The number of nitrogens with zero attached hydrogens (tertiary/aromatic N) is 2. The third kappa shape index (κ3) is 3.52. The zero-order chi connectivity index (χ0) is 14.5. The van der Waals surface area contributed by atoms with E-state index in [9.17, 15) is 0 Å². The molecule has 0 aliphatic heterocycles. The van der Waals surface area contributed by atoms with E-state index in [-0.39, 0.29) is 0 Å². The van der Waals surface area contributed by atoms with Crippen molar-refractivity contribution in [3.05, 3.63) is 46.7 Å². The van der Waals surface area contributed by atoms with Crippen LogP contribution in [0.15, 0.2) is 30.5 Å². The number of hydrogen-bond acceptors (Lipinski definition) is 3. The summed E-state index contributed by atoms with van der Waals surface area (Å²) in [7, 11) is 1.90. The molecule has 0 aliphatic rings. The molecule has 5 heteroatoms. The second-order valence-corrected chi connectivity index (χ2v) is 5.34. The lowest BCUT2D eigenvalue weighted by Crippen LogP contribution is -2.08. The van der Waals surface area contributed by atoms with Crippen LogP contribution in [0.1, 0.15) is 31.1 Å². The van der Waals surface area contributed by atoms with Crippen molar-refractivity contribution < 1.29 is 4.74 Å². The summed E-state index contributed by atoms with van der Waals surface area (Å²) >= 11 is 6.21. The maximum atomic E-state index is 6.21. The van der Waals surface area contributed by atoms with E-state index >= 15 is 0 Å². The Kier molecular flexibility index (Phi) is 5.04. The molecule has 20 heavy (non-hydrogen) atoms. The zero-order valence-corrected chi connectivity index (χ0v) is 12.8. The number of nitrogens with one attached hydrogen (secondary N) is 1. The summed E-state index contributed by atoms with van der Waals surface area (Å²) in [4.78, 5) is 0. The van der Waals surface area contributed by atoms with E-state index in [0.717, 1.165) is 23.6 Å². The second kappa shape index (κ2) is 6.77. The SMILES string of the molecule is CNCc1cccc(Cl)c1OCc1ccn(C(C)C)n1. The van der Waals surface area contributed by atoms with E-state index in [1.165, 1.54) is 0 Å². The van der Waals surface area contributed by atoms with Crippen LogP contribution in [0, 0.1) is 0 Å². The maximum absolute atomic E-state index is 6.21. The molecule has 4 nitrogen and oxygen atoms in total. The Morgan fingerprint density at radius 3 is 2.80 bits per heavy atom. The fourth-order valence-corrected chi connectivity index (χ4v) is 2.18. The fraction of sp³-hybridized carbons (Fsp3) is 0.400. The minimum atomic E-state index is 0.351. The Balaban J connectivity index is 2.09. The highest BCUT2D eigenvalue weighted by Gasteiger charge is 2.09. The molecular weight excluding hydrogens is 274 g/mol. The molecule has 0 bridgehead atoms. The van der Waals surface area contributed by atoms with Gasteiger partial charge >= 0.3 is 0 Å². The Morgan fingerprint density at radius 2 is 2.15 bits per heavy atom. The molecule has 0 saturated carbocycles. The summed E-state index contributed by atoms with van der Waals surface area (Å²) in [6, 6.07) is 8.08. The van der Waals surface area contributed by atoms with E-state index < -0.39 is 0 Å². The third-order valence-corrected chi connectivity index (χ3v) is 3.27. The number of benzene rings is 1. The highest BCUT2D eigenvalue weighted by molar-refractivity contribution is 6.32. The largest absolute Gasteiger partial charge is 0.485 e. The van der Waals surface area contributed by atoms with Crippen LogP contribution in [-0.4, -0.2) is 16.8 Å². The van der Waals surface area contributed by atoms with Crippen LogP contribution in [0.2, 0.25) is 5.02 Å². The van der Waals surface area contributed by atoms with Crippen molar-refractivity contribution in [2.45, 2.75) is 33.0 Å². The average molecular weight is 294 g/mol. The molecule has 0 fully saturated rings. The molecular formula is C15H20ClN3O. The van der Waals surface area contributed by atoms with E-state index in [4.69, 9.17) is 16.3 Å². The maximum Gasteiger partial charge on any atom is 0.142 e. The number of para-hydroxylation sites is 1. The molecule has 0 amide bonds. The van der Waals surface area contributed by atoms with Gasteiger partial charge in [-0.25, -0.2) is 0 Å². The van der Waals surface area contributed by atoms with Crippen molar-refractivity contribution in [2.24, 2.45) is 0 Å². The van der Waals surface area contributed by atoms with Gasteiger partial charge in [0.1, 0.15) is 12.4 Å². The van der Waals surface area contributed by atoms with Gasteiger partial charge in [0.05, 0.1) is 10.7 Å². The second-order valence-electron chi connectivity index (χ2n) is 4.93. The van der Waals surface area contributed by atoms with Crippen LogP contribution in [0.3, 0.4) is 0 Å². The minimum absolute atomic E-state index is 0.351. The molecule has 108 valence electrons. The van der Waals surface area contributed by atoms with Gasteiger partial charge in [-0.05, 0) is 33.0 Å². The van der Waals surface area contributed by atoms with Crippen molar-refractivity contribution >= 4 is 11.6 Å². The molecule has 0 spiro atoms. The fourth-order valence-electron chi connectivity index (χ4n) is 1.93. The van der Waals surface area contributed by atoms with Crippen LogP contribution >= 0.6 is 11.6 Å². The summed E-state index contributed by atoms with van der Waals surface area (Å²) in [6.07, 6.45) is 1.96. The van der Waals surface area contributed by atoms with Crippen LogP contribution in [0.25, 0.3) is 0 Å². The van der Waals surface area contributed by atoms with Crippen LogP contribution in [-0.2, 0) is 13.2 Å². The summed E-state index contributed by atoms with van der Waals surface area (Å²) in [5.74, 6) is 0.725. The average Bonchev–Trinajstić information content (AvgIpc) is 2.87. The van der Waals surface area contributed by atoms with E-state index in [1.807, 2.05) is 42.2 Å². The number of halogens is 1. The van der Waals surface area contributed by atoms with Crippen molar-refractivity contribution in [1.82, 2.24) is 15.1 Å². The first-order chi connectivity index (χ1) is 9.61. The van der Waals surface area contributed by atoms with Gasteiger partial charge < -0.3 is 10.1 Å². The monoisotopic (exact) mass is 293 g/mol. The van der Waals surface area contributed by atoms with Gasteiger partial charge in [0, 0.05) is 24.3 Å². The summed E-state index contributed by atoms with van der Waals surface area (Å²) in [5.41, 5.74) is 1.94. The molecule has 2 aromatic rings. The van der Waals surface area contributed by atoms with E-state index in [1.54, 1.807) is 0 Å². The standard InChI is InChI=1S/C15H20ClN3O/c1-11(2)19-8-7-13(18-19)10-20-15-12(9-17-3)5-4-6-14(15)16/h4-8,11,17H,9-10H2,1-3H3. The van der Waals surface area contributed by atoms with Crippen molar-refractivity contribution in [2.75, 3.05) is 7.05 Å². The molecule has 1 N–H and O–H groups in total. The third-order valence-electron chi connectivity index (χ3n) is 2.97. The number of ether oxygens (including phenoxy) is 1. The Labute approximate surface area is 124 Å². The molecule has 0 unspecified atom stereocenters. The zero-order valence-electron chi connectivity index (χ0n) is 12.1. The quantitative estimate of drug-likeness (QED) is 0.887. The highest BCUT2D eigenvalue weighted by atomic mass is 35.5. The summed E-state index contributed by atoms with van der Waals surface area (Å²) in [5, 5.41) is 8.20. The Bertz CT molecular complexity index is 566. The van der Waals surface area contributed by atoms with Gasteiger partial charge in [-0.3, -0.25) is 4.68 Å². The topological polar surface area (TPSA) is 39.1 Å². The van der Waals surface area contributed by atoms with Gasteiger partial charge in [-0.1, -0.05) is 23.7 Å². The first-order valence-electron chi connectivity index (χ1n) is 6.70. The predicted octanol–water partition coefficient (Wildman–Crippen LogP) is 3.42. The lowest BCUT2D eigenvalue weighted by Gasteiger charge is -2.12. The van der Waals surface area contributed by atoms with Gasteiger partial charge in [-0.15, -0.1) is 0 Å². The molecule has 1 aromatic carbocycles. The molecule has 1 heterocycles. The Morgan fingerprint density at radius 1 is 1.35 bits per heavy atom. The van der Waals surface area contributed by atoms with Gasteiger partial charge in [-0.2, -0.15) is 5.10 Å². The first kappa shape index (κ1) is 14.9. The molecule has 0 atom stereocenters.